The van der Waals surface area contributed by atoms with E-state index in [1.54, 1.807) is 31.4 Å². The van der Waals surface area contributed by atoms with Crippen molar-refractivity contribution >= 4 is 23.2 Å². The second-order valence-electron chi connectivity index (χ2n) is 6.83. The van der Waals surface area contributed by atoms with Gasteiger partial charge in [-0.05, 0) is 55.3 Å². The fourth-order valence-electron chi connectivity index (χ4n) is 3.53. The quantitative estimate of drug-likeness (QED) is 0.762. The number of ether oxygens (including phenoxy) is 2. The van der Waals surface area contributed by atoms with E-state index in [4.69, 9.17) is 14.3 Å². The maximum Gasteiger partial charge on any atom is 0.278 e. The van der Waals surface area contributed by atoms with Crippen molar-refractivity contribution in [3.05, 3.63) is 53.1 Å². The third-order valence-corrected chi connectivity index (χ3v) is 5.24. The van der Waals surface area contributed by atoms with Gasteiger partial charge in [0.25, 0.3) is 5.91 Å². The fraction of sp³-hybridized carbons (Fsp3) is 0.286. The lowest BCUT2D eigenvalue weighted by atomic mass is 9.94. The van der Waals surface area contributed by atoms with Crippen LogP contribution in [0.5, 0.6) is 11.5 Å². The molecule has 0 spiro atoms. The van der Waals surface area contributed by atoms with Crippen LogP contribution < -0.4 is 14.4 Å². The van der Waals surface area contributed by atoms with Crippen LogP contribution in [-0.4, -0.2) is 37.8 Å². The first kappa shape index (κ1) is 18.0. The topological polar surface area (TPSA) is 77.4 Å². The normalized spacial score (nSPS) is 20.7. The van der Waals surface area contributed by atoms with E-state index in [2.05, 4.69) is 5.16 Å². The number of methoxy groups -OCH3 is 2. The van der Waals surface area contributed by atoms with E-state index in [-0.39, 0.29) is 5.91 Å². The standard InChI is InChI=1S/C21H20N2O5/c1-11-5-7-14(9-12(11)2)23-20(24)17-18(22-28-19(17)21(23)25)13-6-8-15(26-3)16(10-13)27-4/h5-10,17,19H,1-4H3/t17-,19+/m0/s1. The number of oxime groups is 1. The van der Waals surface area contributed by atoms with Crippen molar-refractivity contribution in [1.29, 1.82) is 0 Å². The minimum absolute atomic E-state index is 0.343. The van der Waals surface area contributed by atoms with Gasteiger partial charge in [0.05, 0.1) is 19.9 Å². The van der Waals surface area contributed by atoms with E-state index in [1.165, 1.54) is 12.0 Å². The van der Waals surface area contributed by atoms with E-state index in [0.29, 0.717) is 28.5 Å². The number of hydrogen-bond acceptors (Lipinski definition) is 6. The lowest BCUT2D eigenvalue weighted by molar-refractivity contribution is -0.126. The molecule has 7 heteroatoms. The summed E-state index contributed by atoms with van der Waals surface area (Å²) >= 11 is 0. The van der Waals surface area contributed by atoms with Gasteiger partial charge in [0.15, 0.2) is 11.5 Å². The molecule has 2 aromatic rings. The number of fused-ring (bicyclic) bond motifs is 1. The van der Waals surface area contributed by atoms with Gasteiger partial charge in [0.2, 0.25) is 12.0 Å². The Bertz CT molecular complexity index is 1010. The zero-order chi connectivity index (χ0) is 20.0. The summed E-state index contributed by atoms with van der Waals surface area (Å²) in [6, 6.07) is 10.7. The molecular formula is C21H20N2O5. The Balaban J connectivity index is 1.70. The molecule has 2 aromatic carbocycles. The Morgan fingerprint density at radius 2 is 1.68 bits per heavy atom. The number of imide groups is 1. The average molecular weight is 380 g/mol. The van der Waals surface area contributed by atoms with Gasteiger partial charge < -0.3 is 14.3 Å². The third-order valence-electron chi connectivity index (χ3n) is 5.24. The molecule has 0 radical (unpaired) electrons. The number of amides is 2. The molecule has 144 valence electrons. The summed E-state index contributed by atoms with van der Waals surface area (Å²) < 4.78 is 10.6. The fourth-order valence-corrected chi connectivity index (χ4v) is 3.53. The predicted octanol–water partition coefficient (Wildman–Crippen LogP) is 2.61. The molecule has 4 rings (SSSR count). The number of rotatable bonds is 4. The van der Waals surface area contributed by atoms with Crippen LogP contribution in [0.25, 0.3) is 0 Å². The highest BCUT2D eigenvalue weighted by atomic mass is 16.7. The van der Waals surface area contributed by atoms with E-state index in [9.17, 15) is 9.59 Å². The van der Waals surface area contributed by atoms with Crippen LogP contribution >= 0.6 is 0 Å². The van der Waals surface area contributed by atoms with E-state index in [1.807, 2.05) is 26.0 Å². The van der Waals surface area contributed by atoms with Gasteiger partial charge >= 0.3 is 0 Å². The largest absolute Gasteiger partial charge is 0.493 e. The molecule has 2 amide bonds. The number of aryl methyl sites for hydroxylation is 2. The summed E-state index contributed by atoms with van der Waals surface area (Å²) in [6.07, 6.45) is -0.947. The Kier molecular flexibility index (Phi) is 4.30. The predicted molar refractivity (Wildman–Crippen MR) is 103 cm³/mol. The van der Waals surface area contributed by atoms with Crippen LogP contribution in [0.2, 0.25) is 0 Å². The van der Waals surface area contributed by atoms with Gasteiger partial charge in [0.1, 0.15) is 11.6 Å². The van der Waals surface area contributed by atoms with Gasteiger partial charge in [-0.15, -0.1) is 0 Å². The first-order valence-corrected chi connectivity index (χ1v) is 8.87. The van der Waals surface area contributed by atoms with Gasteiger partial charge in [-0.1, -0.05) is 11.2 Å². The number of benzene rings is 2. The van der Waals surface area contributed by atoms with Crippen LogP contribution in [-0.2, 0) is 14.4 Å². The van der Waals surface area contributed by atoms with Crippen LogP contribution in [0.15, 0.2) is 41.6 Å². The minimum Gasteiger partial charge on any atom is -0.493 e. The zero-order valence-electron chi connectivity index (χ0n) is 16.1. The third kappa shape index (κ3) is 2.62. The molecule has 0 aliphatic carbocycles. The SMILES string of the molecule is COc1ccc(C2=NO[C@H]3C(=O)N(c4ccc(C)c(C)c4)C(=O)[C@@H]23)cc1OC. The van der Waals surface area contributed by atoms with Gasteiger partial charge in [0, 0.05) is 5.56 Å². The van der Waals surface area contributed by atoms with Crippen LogP contribution in [0.4, 0.5) is 5.69 Å². The Morgan fingerprint density at radius 1 is 0.929 bits per heavy atom. The van der Waals surface area contributed by atoms with Crippen molar-refractivity contribution in [3.8, 4) is 11.5 Å². The van der Waals surface area contributed by atoms with E-state index in [0.717, 1.165) is 11.1 Å². The monoisotopic (exact) mass is 380 g/mol. The van der Waals surface area contributed by atoms with Crippen molar-refractivity contribution in [1.82, 2.24) is 0 Å². The second-order valence-corrected chi connectivity index (χ2v) is 6.83. The summed E-state index contributed by atoms with van der Waals surface area (Å²) in [7, 11) is 3.08. The van der Waals surface area contributed by atoms with E-state index < -0.39 is 17.9 Å². The Morgan fingerprint density at radius 3 is 2.36 bits per heavy atom. The smallest absolute Gasteiger partial charge is 0.278 e. The summed E-state index contributed by atoms with van der Waals surface area (Å²) in [5.41, 5.74) is 3.70. The zero-order valence-corrected chi connectivity index (χ0v) is 16.1. The molecule has 28 heavy (non-hydrogen) atoms. The molecule has 0 saturated carbocycles. The number of anilines is 1. The van der Waals surface area contributed by atoms with Crippen molar-refractivity contribution in [3.63, 3.8) is 0 Å². The maximum atomic E-state index is 13.1. The van der Waals surface area contributed by atoms with Gasteiger partial charge in [-0.2, -0.15) is 0 Å². The van der Waals surface area contributed by atoms with Crippen molar-refractivity contribution in [2.24, 2.45) is 11.1 Å². The molecular weight excluding hydrogens is 360 g/mol. The highest BCUT2D eigenvalue weighted by Crippen LogP contribution is 2.37. The molecule has 7 nitrogen and oxygen atoms in total. The highest BCUT2D eigenvalue weighted by Gasteiger charge is 2.56. The lowest BCUT2D eigenvalue weighted by Crippen LogP contribution is -2.33. The van der Waals surface area contributed by atoms with E-state index >= 15 is 0 Å². The minimum atomic E-state index is -0.947. The number of carbonyl (C=O) groups excluding carboxylic acids is 2. The lowest BCUT2D eigenvalue weighted by Gasteiger charge is -2.17. The molecule has 0 bridgehead atoms. The molecule has 0 unspecified atom stereocenters. The summed E-state index contributed by atoms with van der Waals surface area (Å²) in [4.78, 5) is 32.6. The first-order chi connectivity index (χ1) is 13.5. The molecule has 2 heterocycles. The van der Waals surface area contributed by atoms with Gasteiger partial charge in [-0.3, -0.25) is 9.59 Å². The highest BCUT2D eigenvalue weighted by molar-refractivity contribution is 6.32. The summed E-state index contributed by atoms with van der Waals surface area (Å²) in [5, 5.41) is 4.03. The van der Waals surface area contributed by atoms with Crippen LogP contribution in [0.1, 0.15) is 16.7 Å². The second kappa shape index (κ2) is 6.67. The van der Waals surface area contributed by atoms with Crippen LogP contribution in [0, 0.1) is 19.8 Å². The van der Waals surface area contributed by atoms with Crippen molar-refractivity contribution in [2.45, 2.75) is 20.0 Å². The summed E-state index contributed by atoms with van der Waals surface area (Å²) in [6.45, 7) is 3.92. The van der Waals surface area contributed by atoms with Crippen LogP contribution in [0.3, 0.4) is 0 Å². The molecule has 2 aliphatic heterocycles. The Labute approximate surface area is 162 Å². The molecule has 1 fully saturated rings. The molecule has 2 aliphatic rings. The number of hydrogen-bond donors (Lipinski definition) is 0. The molecule has 0 aromatic heterocycles. The van der Waals surface area contributed by atoms with Crippen molar-refractivity contribution < 1.29 is 23.9 Å². The Hall–Kier alpha value is -3.35. The molecule has 2 atom stereocenters. The maximum absolute atomic E-state index is 13.1. The van der Waals surface area contributed by atoms with Gasteiger partial charge in [-0.25, -0.2) is 4.90 Å². The van der Waals surface area contributed by atoms with Crippen molar-refractivity contribution in [2.75, 3.05) is 19.1 Å². The summed E-state index contributed by atoms with van der Waals surface area (Å²) in [5.74, 6) is -0.462. The molecule has 1 saturated heterocycles. The average Bonchev–Trinajstić information content (AvgIpc) is 3.24. The number of carbonyl (C=O) groups is 2. The molecule has 0 N–H and O–H groups in total. The number of nitrogens with zero attached hydrogens (tertiary/aromatic N) is 2. The first-order valence-electron chi connectivity index (χ1n) is 8.87.